The highest BCUT2D eigenvalue weighted by Crippen LogP contribution is 2.31. The third kappa shape index (κ3) is 11.7. The van der Waals surface area contributed by atoms with Gasteiger partial charge in [0.2, 0.25) is 11.8 Å². The lowest BCUT2D eigenvalue weighted by molar-refractivity contribution is -0.135. The van der Waals surface area contributed by atoms with Crippen LogP contribution in [0.4, 0.5) is 0 Å². The SMILES string of the molecule is CCCCC(=O)N(CCC)C(C[C@@H](OCCC)c1nc(C(=O)N[C@H](CCC(N)=O)Cc2ccc(O)cc2)cs1)C(C)C. The van der Waals surface area contributed by atoms with Crippen LogP contribution in [0.3, 0.4) is 0 Å². The van der Waals surface area contributed by atoms with E-state index in [-0.39, 0.29) is 48.1 Å². The zero-order valence-electron chi connectivity index (χ0n) is 25.9. The topological polar surface area (TPSA) is 135 Å². The first-order valence-electron chi connectivity index (χ1n) is 15.3. The number of benzene rings is 1. The standard InChI is InChI=1S/C32H50N4O5S/c1-6-9-10-30(39)36(17-7-2)27(22(4)5)20-28(41-18-8-3)32-35-26(21-42-32)31(40)34-24(13-16-29(33)38)19-23-11-14-25(37)15-12-23/h11-12,14-15,21-22,24,27-28,37H,6-10,13,16-20H2,1-5H3,(H2,33,38)(H,34,40)/t24-,27?,28-/m1/s1. The smallest absolute Gasteiger partial charge is 0.270 e. The van der Waals surface area contributed by atoms with Crippen molar-refractivity contribution in [2.75, 3.05) is 13.2 Å². The van der Waals surface area contributed by atoms with Gasteiger partial charge >= 0.3 is 0 Å². The van der Waals surface area contributed by atoms with Crippen molar-refractivity contribution < 1.29 is 24.2 Å². The predicted molar refractivity (Wildman–Crippen MR) is 167 cm³/mol. The van der Waals surface area contributed by atoms with Crippen LogP contribution >= 0.6 is 11.3 Å². The van der Waals surface area contributed by atoms with Crippen molar-refractivity contribution in [1.29, 1.82) is 0 Å². The van der Waals surface area contributed by atoms with Gasteiger partial charge in [0.05, 0.1) is 0 Å². The Morgan fingerprint density at radius 2 is 1.79 bits per heavy atom. The number of aromatic hydroxyl groups is 1. The summed E-state index contributed by atoms with van der Waals surface area (Å²) in [5, 5.41) is 15.1. The molecule has 0 bridgehead atoms. The summed E-state index contributed by atoms with van der Waals surface area (Å²) in [7, 11) is 0. The largest absolute Gasteiger partial charge is 0.508 e. The summed E-state index contributed by atoms with van der Waals surface area (Å²) in [4.78, 5) is 44.7. The van der Waals surface area contributed by atoms with Crippen LogP contribution in [0.1, 0.15) is 113 Å². The first kappa shape index (κ1) is 35.2. The van der Waals surface area contributed by atoms with Crippen LogP contribution in [0.2, 0.25) is 0 Å². The second-order valence-corrected chi connectivity index (χ2v) is 12.1. The first-order chi connectivity index (χ1) is 20.1. The van der Waals surface area contributed by atoms with Crippen molar-refractivity contribution >= 4 is 29.1 Å². The number of ether oxygens (including phenoxy) is 1. The predicted octanol–water partition coefficient (Wildman–Crippen LogP) is 5.77. The van der Waals surface area contributed by atoms with Crippen LogP contribution in [0.5, 0.6) is 5.75 Å². The lowest BCUT2D eigenvalue weighted by atomic mass is 9.95. The Kier molecular flexibility index (Phi) is 15.5. The number of hydrogen-bond acceptors (Lipinski definition) is 7. The molecule has 0 fully saturated rings. The summed E-state index contributed by atoms with van der Waals surface area (Å²) in [6.07, 6.45) is 5.38. The van der Waals surface area contributed by atoms with E-state index in [4.69, 9.17) is 15.5 Å². The Morgan fingerprint density at radius 3 is 2.38 bits per heavy atom. The zero-order valence-corrected chi connectivity index (χ0v) is 26.8. The maximum absolute atomic E-state index is 13.3. The third-order valence-corrected chi connectivity index (χ3v) is 8.14. The van der Waals surface area contributed by atoms with Gasteiger partial charge in [-0.25, -0.2) is 4.98 Å². The summed E-state index contributed by atoms with van der Waals surface area (Å²) in [6.45, 7) is 11.8. The van der Waals surface area contributed by atoms with E-state index in [2.05, 4.69) is 39.9 Å². The molecule has 10 heteroatoms. The van der Waals surface area contributed by atoms with Crippen LogP contribution in [-0.2, 0) is 20.7 Å². The van der Waals surface area contributed by atoms with E-state index < -0.39 is 5.91 Å². The second-order valence-electron chi connectivity index (χ2n) is 11.2. The minimum absolute atomic E-state index is 0.0131. The molecule has 1 aromatic heterocycles. The van der Waals surface area contributed by atoms with Crippen molar-refractivity contribution in [3.05, 3.63) is 45.9 Å². The van der Waals surface area contributed by atoms with E-state index in [1.54, 1.807) is 29.6 Å². The Labute approximate surface area is 255 Å². The van der Waals surface area contributed by atoms with Gasteiger partial charge in [0.15, 0.2) is 0 Å². The second kappa shape index (κ2) is 18.5. The van der Waals surface area contributed by atoms with Gasteiger partial charge < -0.3 is 25.8 Å². The molecule has 234 valence electrons. The van der Waals surface area contributed by atoms with Gasteiger partial charge in [-0.05, 0) is 55.7 Å². The molecule has 0 saturated heterocycles. The molecule has 3 amide bonds. The van der Waals surface area contributed by atoms with Crippen LogP contribution in [0, 0.1) is 5.92 Å². The van der Waals surface area contributed by atoms with E-state index in [1.807, 2.05) is 4.90 Å². The number of thiazole rings is 1. The molecule has 3 atom stereocenters. The highest BCUT2D eigenvalue weighted by atomic mass is 32.1. The number of hydrogen-bond donors (Lipinski definition) is 3. The molecule has 1 unspecified atom stereocenters. The molecule has 9 nitrogen and oxygen atoms in total. The Balaban J connectivity index is 2.24. The van der Waals surface area contributed by atoms with Crippen LogP contribution < -0.4 is 11.1 Å². The van der Waals surface area contributed by atoms with E-state index >= 15 is 0 Å². The van der Waals surface area contributed by atoms with Crippen LogP contribution in [0.15, 0.2) is 29.6 Å². The fraction of sp³-hybridized carbons (Fsp3) is 0.625. The van der Waals surface area contributed by atoms with Crippen molar-refractivity contribution in [2.24, 2.45) is 11.7 Å². The highest BCUT2D eigenvalue weighted by Gasteiger charge is 2.31. The number of rotatable bonds is 20. The molecule has 1 aromatic carbocycles. The summed E-state index contributed by atoms with van der Waals surface area (Å²) < 4.78 is 6.28. The monoisotopic (exact) mass is 602 g/mol. The molecule has 0 aliphatic rings. The lowest BCUT2D eigenvalue weighted by Gasteiger charge is -2.36. The number of carbonyl (C=O) groups excluding carboxylic acids is 3. The van der Waals surface area contributed by atoms with E-state index in [1.165, 1.54) is 11.3 Å². The van der Waals surface area contributed by atoms with Gasteiger partial charge in [0, 0.05) is 49.9 Å². The molecule has 1 heterocycles. The molecule has 2 aromatic rings. The van der Waals surface area contributed by atoms with Crippen LogP contribution in [-0.4, -0.2) is 57.9 Å². The average molecular weight is 603 g/mol. The van der Waals surface area contributed by atoms with E-state index in [0.29, 0.717) is 49.5 Å². The molecule has 0 saturated carbocycles. The molecule has 0 aliphatic carbocycles. The van der Waals surface area contributed by atoms with Gasteiger partial charge in [-0.1, -0.05) is 53.2 Å². The minimum Gasteiger partial charge on any atom is -0.508 e. The number of phenolic OH excluding ortho intramolecular Hbond substituents is 1. The highest BCUT2D eigenvalue weighted by molar-refractivity contribution is 7.09. The Morgan fingerprint density at radius 1 is 1.07 bits per heavy atom. The molecule has 0 spiro atoms. The summed E-state index contributed by atoms with van der Waals surface area (Å²) in [5.41, 5.74) is 6.59. The van der Waals surface area contributed by atoms with Crippen LogP contribution in [0.25, 0.3) is 0 Å². The quantitative estimate of drug-likeness (QED) is 0.176. The molecule has 2 rings (SSSR count). The number of amides is 3. The number of unbranched alkanes of at least 4 members (excludes halogenated alkanes) is 1. The van der Waals surface area contributed by atoms with Crippen molar-refractivity contribution in [2.45, 2.75) is 111 Å². The molecule has 4 N–H and O–H groups in total. The third-order valence-electron chi connectivity index (χ3n) is 7.20. The van der Waals surface area contributed by atoms with Gasteiger partial charge in [-0.3, -0.25) is 14.4 Å². The number of aromatic nitrogens is 1. The maximum atomic E-state index is 13.3. The summed E-state index contributed by atoms with van der Waals surface area (Å²) >= 11 is 1.39. The number of nitrogens with one attached hydrogen (secondary N) is 1. The Hall–Kier alpha value is -2.98. The number of nitrogens with zero attached hydrogens (tertiary/aromatic N) is 2. The molecule has 0 radical (unpaired) electrons. The number of primary amides is 1. The van der Waals surface area contributed by atoms with Crippen molar-refractivity contribution in [1.82, 2.24) is 15.2 Å². The van der Waals surface area contributed by atoms with Gasteiger partial charge in [0.1, 0.15) is 22.6 Å². The maximum Gasteiger partial charge on any atom is 0.270 e. The number of phenols is 1. The first-order valence-corrected chi connectivity index (χ1v) is 16.2. The normalized spacial score (nSPS) is 13.5. The zero-order chi connectivity index (χ0) is 31.1. The van der Waals surface area contributed by atoms with E-state index in [0.717, 1.165) is 31.2 Å². The summed E-state index contributed by atoms with van der Waals surface area (Å²) in [6, 6.07) is 6.41. The lowest BCUT2D eigenvalue weighted by Crippen LogP contribution is -2.44. The summed E-state index contributed by atoms with van der Waals surface area (Å²) in [5.74, 6) is -0.196. The minimum atomic E-state index is -0.434. The van der Waals surface area contributed by atoms with Crippen molar-refractivity contribution in [3.8, 4) is 5.75 Å². The van der Waals surface area contributed by atoms with Gasteiger partial charge in [-0.15, -0.1) is 11.3 Å². The van der Waals surface area contributed by atoms with Gasteiger partial charge in [0.25, 0.3) is 5.91 Å². The fourth-order valence-electron chi connectivity index (χ4n) is 4.92. The fourth-order valence-corrected chi connectivity index (χ4v) is 5.78. The van der Waals surface area contributed by atoms with Crippen molar-refractivity contribution in [3.63, 3.8) is 0 Å². The average Bonchev–Trinajstić information content (AvgIpc) is 3.45. The number of nitrogens with two attached hydrogens (primary N) is 1. The number of carbonyl (C=O) groups is 3. The molecular weight excluding hydrogens is 552 g/mol. The Bertz CT molecular complexity index is 1100. The molecule has 0 aliphatic heterocycles. The molecule has 42 heavy (non-hydrogen) atoms. The molecular formula is C32H50N4O5S. The van der Waals surface area contributed by atoms with Gasteiger partial charge in [-0.2, -0.15) is 0 Å². The van der Waals surface area contributed by atoms with E-state index in [9.17, 15) is 19.5 Å².